The number of nitrogens with zero attached hydrogens (tertiary/aromatic N) is 5. The van der Waals surface area contributed by atoms with Crippen LogP contribution in [0.1, 0.15) is 34.2 Å². The number of aryl methyl sites for hydroxylation is 1. The number of fused-ring (bicyclic) bond motifs is 1. The van der Waals surface area contributed by atoms with E-state index in [9.17, 15) is 4.79 Å². The predicted molar refractivity (Wildman–Crippen MR) is 144 cm³/mol. The van der Waals surface area contributed by atoms with Crippen LogP contribution in [0.25, 0.3) is 10.8 Å². The molecule has 0 aliphatic carbocycles. The number of hydrogen-bond donors (Lipinski definition) is 2. The number of piperazine rings is 1. The Morgan fingerprint density at radius 1 is 1.03 bits per heavy atom. The molecule has 36 heavy (non-hydrogen) atoms. The van der Waals surface area contributed by atoms with Crippen LogP contribution in [0.4, 0.5) is 11.5 Å². The van der Waals surface area contributed by atoms with Crippen LogP contribution in [-0.4, -0.2) is 51.5 Å². The number of carbonyl (C=O) groups is 1. The molecule has 0 atom stereocenters. The van der Waals surface area contributed by atoms with Gasteiger partial charge in [-0.2, -0.15) is 0 Å². The minimum atomic E-state index is -0.0527. The number of nitrogen functional groups attached to an aromatic ring is 1. The topological polar surface area (TPSA) is 92.3 Å². The van der Waals surface area contributed by atoms with Crippen LogP contribution < -0.4 is 16.0 Å². The molecule has 1 aliphatic heterocycles. The smallest absolute Gasteiger partial charge is 0.268 e. The molecular weight excluding hydrogens is 450 g/mol. The summed E-state index contributed by atoms with van der Waals surface area (Å²) in [7, 11) is 0. The Morgan fingerprint density at radius 3 is 2.56 bits per heavy atom. The SMILES string of the molecule is CCn1c(C(=O)NCc2ccc3c(N)nccc3c2)cc(C)c1CN1CCN(c2ccncc2)CC1. The highest BCUT2D eigenvalue weighted by molar-refractivity contribution is 5.94. The molecule has 4 heterocycles. The lowest BCUT2D eigenvalue weighted by Gasteiger charge is -2.36. The van der Waals surface area contributed by atoms with Gasteiger partial charge in [-0.05, 0) is 60.7 Å². The van der Waals surface area contributed by atoms with Gasteiger partial charge in [-0.15, -0.1) is 0 Å². The van der Waals surface area contributed by atoms with E-state index >= 15 is 0 Å². The van der Waals surface area contributed by atoms with Gasteiger partial charge in [0.25, 0.3) is 5.91 Å². The summed E-state index contributed by atoms with van der Waals surface area (Å²) in [5.41, 5.74) is 11.3. The van der Waals surface area contributed by atoms with Crippen molar-refractivity contribution in [3.8, 4) is 0 Å². The Morgan fingerprint density at radius 2 is 1.81 bits per heavy atom. The minimum Gasteiger partial charge on any atom is -0.383 e. The first-order valence-electron chi connectivity index (χ1n) is 12.5. The van der Waals surface area contributed by atoms with E-state index in [1.807, 2.05) is 36.7 Å². The number of pyridine rings is 2. The summed E-state index contributed by atoms with van der Waals surface area (Å²) >= 11 is 0. The monoisotopic (exact) mass is 483 g/mol. The summed E-state index contributed by atoms with van der Waals surface area (Å²) in [5.74, 6) is 0.466. The number of hydrogen-bond acceptors (Lipinski definition) is 6. The Labute approximate surface area is 211 Å². The van der Waals surface area contributed by atoms with Gasteiger partial charge < -0.3 is 20.5 Å². The third-order valence-corrected chi connectivity index (χ3v) is 7.06. The largest absolute Gasteiger partial charge is 0.383 e. The summed E-state index contributed by atoms with van der Waals surface area (Å²) in [6, 6.07) is 14.1. The number of anilines is 2. The second-order valence-electron chi connectivity index (χ2n) is 9.31. The molecule has 186 valence electrons. The number of carbonyl (C=O) groups excluding carboxylic acids is 1. The maximum absolute atomic E-state index is 13.2. The molecule has 8 heteroatoms. The van der Waals surface area contributed by atoms with E-state index in [0.717, 1.165) is 66.9 Å². The summed E-state index contributed by atoms with van der Waals surface area (Å²) in [4.78, 5) is 26.3. The zero-order valence-electron chi connectivity index (χ0n) is 20.9. The van der Waals surface area contributed by atoms with E-state index in [1.165, 1.54) is 11.4 Å². The van der Waals surface area contributed by atoms with E-state index in [4.69, 9.17) is 5.73 Å². The minimum absolute atomic E-state index is 0.0527. The van der Waals surface area contributed by atoms with Crippen molar-refractivity contribution in [3.05, 3.63) is 83.6 Å². The molecule has 3 N–H and O–H groups in total. The van der Waals surface area contributed by atoms with Crippen molar-refractivity contribution in [2.45, 2.75) is 33.5 Å². The van der Waals surface area contributed by atoms with Crippen LogP contribution in [0.3, 0.4) is 0 Å². The van der Waals surface area contributed by atoms with Crippen molar-refractivity contribution in [2.24, 2.45) is 0 Å². The summed E-state index contributed by atoms with van der Waals surface area (Å²) < 4.78 is 2.16. The molecule has 4 aromatic rings. The van der Waals surface area contributed by atoms with Gasteiger partial charge in [0, 0.05) is 81.2 Å². The van der Waals surface area contributed by atoms with Gasteiger partial charge in [-0.3, -0.25) is 14.7 Å². The molecule has 1 aliphatic rings. The van der Waals surface area contributed by atoms with Crippen LogP contribution in [-0.2, 0) is 19.6 Å². The van der Waals surface area contributed by atoms with Gasteiger partial charge in [-0.25, -0.2) is 4.98 Å². The third-order valence-electron chi connectivity index (χ3n) is 7.06. The molecule has 1 amide bonds. The first-order valence-corrected chi connectivity index (χ1v) is 12.5. The normalized spacial score (nSPS) is 14.3. The molecule has 0 unspecified atom stereocenters. The van der Waals surface area contributed by atoms with Crippen molar-refractivity contribution in [1.29, 1.82) is 0 Å². The molecule has 8 nitrogen and oxygen atoms in total. The quantitative estimate of drug-likeness (QED) is 0.417. The number of benzene rings is 1. The second kappa shape index (κ2) is 10.4. The Bertz CT molecular complexity index is 1360. The standard InChI is InChI=1S/C28H33N7O/c1-3-35-25(28(36)32-18-21-4-5-24-22(17-21)6-11-31-27(24)29)16-20(2)26(35)19-33-12-14-34(15-13-33)23-7-9-30-10-8-23/h4-11,16-17H,3,12-15,18-19H2,1-2H3,(H2,29,31)(H,32,36). The van der Waals surface area contributed by atoms with Crippen LogP contribution in [0, 0.1) is 6.92 Å². The lowest BCUT2D eigenvalue weighted by molar-refractivity contribution is 0.0941. The number of amides is 1. The van der Waals surface area contributed by atoms with Crippen molar-refractivity contribution in [1.82, 2.24) is 24.8 Å². The molecule has 1 saturated heterocycles. The van der Waals surface area contributed by atoms with Crippen LogP contribution >= 0.6 is 0 Å². The molecular formula is C28H33N7O. The van der Waals surface area contributed by atoms with Gasteiger partial charge in [-0.1, -0.05) is 12.1 Å². The van der Waals surface area contributed by atoms with Gasteiger partial charge in [0.1, 0.15) is 11.5 Å². The highest BCUT2D eigenvalue weighted by Gasteiger charge is 2.22. The van der Waals surface area contributed by atoms with Gasteiger partial charge in [0.15, 0.2) is 0 Å². The Kier molecular flexibility index (Phi) is 6.86. The number of nitrogens with one attached hydrogen (secondary N) is 1. The fourth-order valence-corrected chi connectivity index (χ4v) is 5.05. The summed E-state index contributed by atoms with van der Waals surface area (Å²) in [6.45, 7) is 10.2. The van der Waals surface area contributed by atoms with Crippen molar-refractivity contribution in [2.75, 3.05) is 36.8 Å². The molecule has 0 bridgehead atoms. The van der Waals surface area contributed by atoms with E-state index in [2.05, 4.69) is 61.7 Å². The van der Waals surface area contributed by atoms with Crippen LogP contribution in [0.5, 0.6) is 0 Å². The zero-order chi connectivity index (χ0) is 25.1. The van der Waals surface area contributed by atoms with Gasteiger partial charge in [0.05, 0.1) is 0 Å². The highest BCUT2D eigenvalue weighted by atomic mass is 16.1. The van der Waals surface area contributed by atoms with Crippen molar-refractivity contribution in [3.63, 3.8) is 0 Å². The van der Waals surface area contributed by atoms with E-state index in [0.29, 0.717) is 12.4 Å². The van der Waals surface area contributed by atoms with Gasteiger partial charge in [0.2, 0.25) is 0 Å². The van der Waals surface area contributed by atoms with Gasteiger partial charge >= 0.3 is 0 Å². The zero-order valence-corrected chi connectivity index (χ0v) is 20.9. The molecule has 3 aromatic heterocycles. The molecule has 0 saturated carbocycles. The van der Waals surface area contributed by atoms with Crippen molar-refractivity contribution < 1.29 is 4.79 Å². The lowest BCUT2D eigenvalue weighted by atomic mass is 10.1. The lowest BCUT2D eigenvalue weighted by Crippen LogP contribution is -2.46. The summed E-state index contributed by atoms with van der Waals surface area (Å²) in [5, 5.41) is 5.05. The Balaban J connectivity index is 1.24. The highest BCUT2D eigenvalue weighted by Crippen LogP contribution is 2.22. The molecule has 0 spiro atoms. The maximum Gasteiger partial charge on any atom is 0.268 e. The average Bonchev–Trinajstić information content (AvgIpc) is 3.23. The fraction of sp³-hybridized carbons (Fsp3) is 0.321. The first kappa shape index (κ1) is 23.8. The summed E-state index contributed by atoms with van der Waals surface area (Å²) in [6.07, 6.45) is 5.40. The molecule has 1 fully saturated rings. The molecule has 1 aromatic carbocycles. The fourth-order valence-electron chi connectivity index (χ4n) is 5.05. The van der Waals surface area contributed by atoms with Crippen molar-refractivity contribution >= 4 is 28.2 Å². The van der Waals surface area contributed by atoms with E-state index < -0.39 is 0 Å². The third kappa shape index (κ3) is 4.90. The van der Waals surface area contributed by atoms with Crippen LogP contribution in [0.2, 0.25) is 0 Å². The van der Waals surface area contributed by atoms with E-state index in [1.54, 1.807) is 6.20 Å². The number of aromatic nitrogens is 3. The Hall–Kier alpha value is -3.91. The average molecular weight is 484 g/mol. The second-order valence-corrected chi connectivity index (χ2v) is 9.31. The van der Waals surface area contributed by atoms with E-state index in [-0.39, 0.29) is 5.91 Å². The number of nitrogens with two attached hydrogens (primary N) is 1. The number of rotatable bonds is 7. The first-order chi connectivity index (χ1) is 17.5. The molecule has 0 radical (unpaired) electrons. The maximum atomic E-state index is 13.2. The van der Waals surface area contributed by atoms with Crippen LogP contribution in [0.15, 0.2) is 61.1 Å². The predicted octanol–water partition coefficient (Wildman–Crippen LogP) is 3.59. The molecule has 5 rings (SSSR count).